The van der Waals surface area contributed by atoms with E-state index in [9.17, 15) is 9.59 Å². The number of hydrogen-bond acceptors (Lipinski definition) is 4. The number of esters is 2. The number of carbonyl (C=O) groups is 2. The van der Waals surface area contributed by atoms with E-state index >= 15 is 0 Å². The van der Waals surface area contributed by atoms with Crippen molar-refractivity contribution in [3.05, 3.63) is 84.0 Å². The summed E-state index contributed by atoms with van der Waals surface area (Å²) in [5, 5.41) is 2.10. The molecule has 0 radical (unpaired) electrons. The van der Waals surface area contributed by atoms with Gasteiger partial charge in [0, 0.05) is 11.1 Å². The second-order valence-corrected chi connectivity index (χ2v) is 7.63. The Bertz CT molecular complexity index is 1060. The van der Waals surface area contributed by atoms with E-state index in [-0.39, 0.29) is 5.97 Å². The topological polar surface area (TPSA) is 52.6 Å². The number of fused-ring (bicyclic) bond motifs is 1. The Balaban J connectivity index is 2.09. The van der Waals surface area contributed by atoms with Crippen LogP contribution in [0.25, 0.3) is 16.8 Å². The highest BCUT2D eigenvalue weighted by molar-refractivity contribution is 5.92. The van der Waals surface area contributed by atoms with Gasteiger partial charge >= 0.3 is 11.9 Å². The molecule has 4 heteroatoms. The van der Waals surface area contributed by atoms with Crippen molar-refractivity contribution >= 4 is 28.8 Å². The first-order valence-corrected chi connectivity index (χ1v) is 10.3. The third kappa shape index (κ3) is 6.82. The van der Waals surface area contributed by atoms with Crippen LogP contribution in [0, 0.1) is 6.92 Å². The molecule has 0 spiro atoms. The molecular weight excluding hydrogens is 388 g/mol. The van der Waals surface area contributed by atoms with E-state index in [1.807, 2.05) is 24.3 Å². The highest BCUT2D eigenvalue weighted by Crippen LogP contribution is 2.28. The molecule has 0 bridgehead atoms. The van der Waals surface area contributed by atoms with Gasteiger partial charge in [0.05, 0.1) is 6.61 Å². The second-order valence-electron chi connectivity index (χ2n) is 7.63. The van der Waals surface area contributed by atoms with Crippen molar-refractivity contribution in [1.29, 1.82) is 0 Å². The van der Waals surface area contributed by atoms with Crippen molar-refractivity contribution in [2.75, 3.05) is 6.61 Å². The Morgan fingerprint density at radius 1 is 1.00 bits per heavy atom. The molecule has 2 rings (SSSR count). The number of rotatable bonds is 10. The summed E-state index contributed by atoms with van der Waals surface area (Å²) in [5.41, 5.74) is 4.16. The van der Waals surface area contributed by atoms with Gasteiger partial charge < -0.3 is 9.47 Å². The van der Waals surface area contributed by atoms with Crippen LogP contribution in [-0.2, 0) is 14.3 Å². The summed E-state index contributed by atoms with van der Waals surface area (Å²) < 4.78 is 10.5. The predicted octanol–water partition coefficient (Wildman–Crippen LogP) is 6.49. The lowest BCUT2D eigenvalue weighted by molar-refractivity contribution is -0.139. The van der Waals surface area contributed by atoms with Gasteiger partial charge in [0.25, 0.3) is 0 Å². The minimum absolute atomic E-state index is 0.344. The summed E-state index contributed by atoms with van der Waals surface area (Å²) in [5.74, 6) is -0.271. The molecule has 0 fully saturated rings. The zero-order valence-corrected chi connectivity index (χ0v) is 18.6. The number of hydrogen-bond donors (Lipinski definition) is 0. The molecule has 0 amide bonds. The quantitative estimate of drug-likeness (QED) is 0.145. The number of ether oxygens (including phenoxy) is 2. The molecule has 0 aliphatic carbocycles. The molecule has 0 saturated carbocycles. The molecule has 0 saturated heterocycles. The highest BCUT2D eigenvalue weighted by atomic mass is 16.5. The fraction of sp³-hybridized carbons (Fsp3) is 0.259. The SMILES string of the molecule is C=CC(=Cc1ccc2cc(OC(=O)C(=C)C)ccc2c1C)CCCCOC(=O)C(=C)C. The van der Waals surface area contributed by atoms with Crippen LogP contribution in [0.2, 0.25) is 0 Å². The number of allylic oxidation sites excluding steroid dienone is 2. The summed E-state index contributed by atoms with van der Waals surface area (Å²) in [6.45, 7) is 16.8. The minimum Gasteiger partial charge on any atom is -0.462 e. The van der Waals surface area contributed by atoms with Crippen LogP contribution in [0.3, 0.4) is 0 Å². The van der Waals surface area contributed by atoms with Crippen LogP contribution in [0.15, 0.2) is 72.9 Å². The number of carbonyl (C=O) groups excluding carboxylic acids is 2. The Morgan fingerprint density at radius 2 is 1.71 bits per heavy atom. The number of unbranched alkanes of at least 4 members (excludes halogenated alkanes) is 1. The first kappa shape index (κ1) is 23.9. The molecule has 0 aliphatic heterocycles. The summed E-state index contributed by atoms with van der Waals surface area (Å²) in [6, 6.07) is 9.69. The fourth-order valence-electron chi connectivity index (χ4n) is 3.05. The highest BCUT2D eigenvalue weighted by Gasteiger charge is 2.08. The largest absolute Gasteiger partial charge is 0.462 e. The van der Waals surface area contributed by atoms with Crippen molar-refractivity contribution in [2.24, 2.45) is 0 Å². The molecule has 2 aromatic carbocycles. The predicted molar refractivity (Wildman–Crippen MR) is 127 cm³/mol. The first-order valence-electron chi connectivity index (χ1n) is 10.3. The number of benzene rings is 2. The van der Waals surface area contributed by atoms with Gasteiger partial charge in [-0.3, -0.25) is 0 Å². The molecule has 0 aromatic heterocycles. The van der Waals surface area contributed by atoms with Crippen molar-refractivity contribution in [1.82, 2.24) is 0 Å². The van der Waals surface area contributed by atoms with Crippen LogP contribution in [0.4, 0.5) is 0 Å². The summed E-state index contributed by atoms with van der Waals surface area (Å²) in [7, 11) is 0. The Hall–Kier alpha value is -3.40. The zero-order valence-electron chi connectivity index (χ0n) is 18.6. The van der Waals surface area contributed by atoms with Crippen LogP contribution in [0.1, 0.15) is 44.2 Å². The lowest BCUT2D eigenvalue weighted by Crippen LogP contribution is -2.08. The van der Waals surface area contributed by atoms with Gasteiger partial charge in [-0.2, -0.15) is 0 Å². The fourth-order valence-corrected chi connectivity index (χ4v) is 3.05. The van der Waals surface area contributed by atoms with E-state index < -0.39 is 5.97 Å². The number of aryl methyl sites for hydroxylation is 1. The summed E-state index contributed by atoms with van der Waals surface area (Å²) >= 11 is 0. The van der Waals surface area contributed by atoms with E-state index in [0.717, 1.165) is 46.7 Å². The smallest absolute Gasteiger partial charge is 0.338 e. The Kier molecular flexibility index (Phi) is 8.56. The molecule has 0 aliphatic rings. The first-order chi connectivity index (χ1) is 14.7. The minimum atomic E-state index is -0.430. The molecule has 0 N–H and O–H groups in total. The summed E-state index contributed by atoms with van der Waals surface area (Å²) in [4.78, 5) is 23.2. The molecule has 162 valence electrons. The monoisotopic (exact) mass is 418 g/mol. The second kappa shape index (κ2) is 11.1. The normalized spacial score (nSPS) is 11.1. The third-order valence-corrected chi connectivity index (χ3v) is 4.91. The van der Waals surface area contributed by atoms with Crippen LogP contribution in [0.5, 0.6) is 5.75 Å². The molecule has 4 nitrogen and oxygen atoms in total. The van der Waals surface area contributed by atoms with Gasteiger partial charge in [0.2, 0.25) is 0 Å². The van der Waals surface area contributed by atoms with Crippen LogP contribution >= 0.6 is 0 Å². The maximum Gasteiger partial charge on any atom is 0.338 e. The summed E-state index contributed by atoms with van der Waals surface area (Å²) in [6.07, 6.45) is 6.53. The van der Waals surface area contributed by atoms with Crippen molar-refractivity contribution in [2.45, 2.75) is 40.0 Å². The maximum atomic E-state index is 11.7. The maximum absolute atomic E-state index is 11.7. The van der Waals surface area contributed by atoms with E-state index in [0.29, 0.717) is 23.5 Å². The molecule has 0 atom stereocenters. The van der Waals surface area contributed by atoms with E-state index in [1.54, 1.807) is 19.9 Å². The van der Waals surface area contributed by atoms with Gasteiger partial charge in [-0.1, -0.05) is 50.1 Å². The Morgan fingerprint density at radius 3 is 2.35 bits per heavy atom. The van der Waals surface area contributed by atoms with E-state index in [1.165, 1.54) is 0 Å². The van der Waals surface area contributed by atoms with Crippen LogP contribution in [-0.4, -0.2) is 18.5 Å². The zero-order chi connectivity index (χ0) is 23.0. The van der Waals surface area contributed by atoms with Crippen molar-refractivity contribution in [3.8, 4) is 5.75 Å². The van der Waals surface area contributed by atoms with Gasteiger partial charge in [0.1, 0.15) is 5.75 Å². The average Bonchev–Trinajstić information content (AvgIpc) is 2.73. The molecule has 0 heterocycles. The molecule has 2 aromatic rings. The van der Waals surface area contributed by atoms with E-state index in [4.69, 9.17) is 9.47 Å². The molecular formula is C27H30O4. The average molecular weight is 419 g/mol. The lowest BCUT2D eigenvalue weighted by Gasteiger charge is -2.10. The van der Waals surface area contributed by atoms with Gasteiger partial charge in [-0.05, 0) is 79.6 Å². The Labute approximate surface area is 184 Å². The third-order valence-electron chi connectivity index (χ3n) is 4.91. The molecule has 0 unspecified atom stereocenters. The van der Waals surface area contributed by atoms with Crippen molar-refractivity contribution < 1.29 is 19.1 Å². The molecule has 31 heavy (non-hydrogen) atoms. The van der Waals surface area contributed by atoms with Gasteiger partial charge in [-0.15, -0.1) is 0 Å². The lowest BCUT2D eigenvalue weighted by atomic mass is 9.97. The van der Waals surface area contributed by atoms with Gasteiger partial charge in [0.15, 0.2) is 0 Å². The van der Waals surface area contributed by atoms with Crippen molar-refractivity contribution in [3.63, 3.8) is 0 Å². The van der Waals surface area contributed by atoms with Gasteiger partial charge in [-0.25, -0.2) is 9.59 Å². The van der Waals surface area contributed by atoms with Crippen LogP contribution < -0.4 is 4.74 Å². The standard InChI is InChI=1S/C27H30O4/c1-7-21(10-8-9-15-30-26(28)18(2)3)16-22-11-12-23-17-24(31-27(29)19(4)5)13-14-25(23)20(22)6/h7,11-14,16-17H,1-2,4,8-10,15H2,3,5-6H3. The van der Waals surface area contributed by atoms with E-state index in [2.05, 4.69) is 38.8 Å².